The second kappa shape index (κ2) is 6.59. The number of benzene rings is 3. The first-order valence-electron chi connectivity index (χ1n) is 7.78. The van der Waals surface area contributed by atoms with Gasteiger partial charge in [-0.25, -0.2) is 4.99 Å². The highest BCUT2D eigenvalue weighted by Crippen LogP contribution is 2.26. The van der Waals surface area contributed by atoms with Crippen LogP contribution in [0.15, 0.2) is 71.7 Å². The van der Waals surface area contributed by atoms with E-state index in [9.17, 15) is 10.2 Å². The van der Waals surface area contributed by atoms with Gasteiger partial charge in [0.1, 0.15) is 11.5 Å². The molecule has 0 fully saturated rings. The lowest BCUT2D eigenvalue weighted by molar-refractivity contribution is 0.475. The highest BCUT2D eigenvalue weighted by molar-refractivity contribution is 6.14. The molecule has 0 atom stereocenters. The maximum atomic E-state index is 9.55. The molecule has 0 heterocycles. The van der Waals surface area contributed by atoms with Gasteiger partial charge < -0.3 is 10.2 Å². The zero-order valence-corrected chi connectivity index (χ0v) is 13.7. The SMILES string of the molecule is Cc1cccc(C)c1N=C(c1ccc(O)cc1)c1ccc(O)cc1. The Morgan fingerprint density at radius 3 is 1.50 bits per heavy atom. The molecule has 120 valence electrons. The number of aryl methyl sites for hydroxylation is 2. The van der Waals surface area contributed by atoms with Crippen molar-refractivity contribution in [3.63, 3.8) is 0 Å². The summed E-state index contributed by atoms with van der Waals surface area (Å²) in [6, 6.07) is 20.1. The van der Waals surface area contributed by atoms with Gasteiger partial charge in [0, 0.05) is 11.1 Å². The van der Waals surface area contributed by atoms with Crippen molar-refractivity contribution < 1.29 is 10.2 Å². The van der Waals surface area contributed by atoms with Crippen molar-refractivity contribution in [2.45, 2.75) is 13.8 Å². The molecule has 0 spiro atoms. The minimum atomic E-state index is 0.218. The highest BCUT2D eigenvalue weighted by atomic mass is 16.3. The maximum Gasteiger partial charge on any atom is 0.115 e. The van der Waals surface area contributed by atoms with Crippen molar-refractivity contribution in [1.82, 2.24) is 0 Å². The Morgan fingerprint density at radius 1 is 0.667 bits per heavy atom. The van der Waals surface area contributed by atoms with E-state index in [2.05, 4.69) is 0 Å². The van der Waals surface area contributed by atoms with Crippen LogP contribution in [0.3, 0.4) is 0 Å². The van der Waals surface area contributed by atoms with Crippen LogP contribution < -0.4 is 0 Å². The third kappa shape index (κ3) is 3.30. The van der Waals surface area contributed by atoms with E-state index in [1.165, 1.54) is 0 Å². The summed E-state index contributed by atoms with van der Waals surface area (Å²) in [6.07, 6.45) is 0. The van der Waals surface area contributed by atoms with Crippen LogP contribution in [-0.2, 0) is 0 Å². The van der Waals surface area contributed by atoms with Gasteiger partial charge in [-0.05, 0) is 73.5 Å². The molecule has 3 rings (SSSR count). The normalized spacial score (nSPS) is 10.4. The van der Waals surface area contributed by atoms with Gasteiger partial charge >= 0.3 is 0 Å². The van der Waals surface area contributed by atoms with Gasteiger partial charge in [0.05, 0.1) is 11.4 Å². The van der Waals surface area contributed by atoms with Gasteiger partial charge in [0.15, 0.2) is 0 Å². The molecule has 0 unspecified atom stereocenters. The molecule has 3 heteroatoms. The minimum Gasteiger partial charge on any atom is -0.508 e. The Balaban J connectivity index is 2.20. The summed E-state index contributed by atoms with van der Waals surface area (Å²) in [4.78, 5) is 4.91. The molecule has 0 saturated heterocycles. The van der Waals surface area contributed by atoms with Gasteiger partial charge in [-0.2, -0.15) is 0 Å². The molecule has 0 bridgehead atoms. The number of para-hydroxylation sites is 1. The van der Waals surface area contributed by atoms with Gasteiger partial charge in [-0.15, -0.1) is 0 Å². The summed E-state index contributed by atoms with van der Waals surface area (Å²) >= 11 is 0. The lowest BCUT2D eigenvalue weighted by Crippen LogP contribution is -2.03. The largest absolute Gasteiger partial charge is 0.508 e. The molecule has 0 aliphatic carbocycles. The van der Waals surface area contributed by atoms with E-state index in [4.69, 9.17) is 4.99 Å². The summed E-state index contributed by atoms with van der Waals surface area (Å²) in [5, 5.41) is 19.1. The molecule has 3 aromatic carbocycles. The summed E-state index contributed by atoms with van der Waals surface area (Å²) in [6.45, 7) is 4.08. The van der Waals surface area contributed by atoms with Gasteiger partial charge in [0.2, 0.25) is 0 Å². The third-order valence-electron chi connectivity index (χ3n) is 3.94. The van der Waals surface area contributed by atoms with Gasteiger partial charge in [-0.3, -0.25) is 0 Å². The standard InChI is InChI=1S/C21H19NO2/c1-14-4-3-5-15(2)20(14)22-21(16-6-10-18(23)11-7-16)17-8-12-19(24)13-9-17/h3-13,23-24H,1-2H3. The third-order valence-corrected chi connectivity index (χ3v) is 3.94. The molecule has 0 amide bonds. The molecular formula is C21H19NO2. The van der Waals surface area contributed by atoms with E-state index in [1.54, 1.807) is 24.3 Å². The number of rotatable bonds is 3. The number of phenolic OH excluding ortho intramolecular Hbond substituents is 2. The first-order valence-corrected chi connectivity index (χ1v) is 7.78. The van der Waals surface area contributed by atoms with Gasteiger partial charge in [0.25, 0.3) is 0 Å². The van der Waals surface area contributed by atoms with Crippen molar-refractivity contribution in [3.05, 3.63) is 89.0 Å². The van der Waals surface area contributed by atoms with Gasteiger partial charge in [-0.1, -0.05) is 18.2 Å². The first-order chi connectivity index (χ1) is 11.5. The molecule has 3 aromatic rings. The fourth-order valence-corrected chi connectivity index (χ4v) is 2.63. The van der Waals surface area contributed by atoms with Crippen LogP contribution in [-0.4, -0.2) is 15.9 Å². The van der Waals surface area contributed by atoms with E-state index < -0.39 is 0 Å². The van der Waals surface area contributed by atoms with E-state index in [-0.39, 0.29) is 11.5 Å². The van der Waals surface area contributed by atoms with E-state index in [0.717, 1.165) is 33.7 Å². The van der Waals surface area contributed by atoms with E-state index in [0.29, 0.717) is 0 Å². The molecule has 0 saturated carbocycles. The quantitative estimate of drug-likeness (QED) is 0.676. The molecule has 0 radical (unpaired) electrons. The lowest BCUT2D eigenvalue weighted by Gasteiger charge is -2.11. The molecule has 3 nitrogen and oxygen atoms in total. The minimum absolute atomic E-state index is 0.218. The number of aliphatic imine (C=N–C) groups is 1. The highest BCUT2D eigenvalue weighted by Gasteiger charge is 2.10. The summed E-state index contributed by atoms with van der Waals surface area (Å²) in [7, 11) is 0. The Hall–Kier alpha value is -3.07. The van der Waals surface area contributed by atoms with E-state index in [1.807, 2.05) is 56.3 Å². The topological polar surface area (TPSA) is 52.8 Å². The maximum absolute atomic E-state index is 9.55. The van der Waals surface area contributed by atoms with Crippen LogP contribution >= 0.6 is 0 Å². The van der Waals surface area contributed by atoms with Crippen molar-refractivity contribution in [2.24, 2.45) is 4.99 Å². The number of phenols is 2. The Morgan fingerprint density at radius 2 is 1.08 bits per heavy atom. The van der Waals surface area contributed by atoms with Crippen LogP contribution in [0.1, 0.15) is 22.3 Å². The molecule has 0 aliphatic rings. The Kier molecular flexibility index (Phi) is 4.34. The predicted octanol–water partition coefficient (Wildman–Crippen LogP) is 4.88. The fraction of sp³-hybridized carbons (Fsp3) is 0.0952. The zero-order chi connectivity index (χ0) is 17.1. The Bertz CT molecular complexity index is 811. The van der Waals surface area contributed by atoms with Crippen LogP contribution in [0.4, 0.5) is 5.69 Å². The molecule has 24 heavy (non-hydrogen) atoms. The number of hydrogen-bond acceptors (Lipinski definition) is 3. The lowest BCUT2D eigenvalue weighted by atomic mass is 10.0. The second-order valence-electron chi connectivity index (χ2n) is 5.79. The van der Waals surface area contributed by atoms with Crippen LogP contribution in [0.25, 0.3) is 0 Å². The molecule has 2 N–H and O–H groups in total. The van der Waals surface area contributed by atoms with Crippen LogP contribution in [0.5, 0.6) is 11.5 Å². The second-order valence-corrected chi connectivity index (χ2v) is 5.79. The van der Waals surface area contributed by atoms with E-state index >= 15 is 0 Å². The fourth-order valence-electron chi connectivity index (χ4n) is 2.63. The Labute approximate surface area is 141 Å². The molecule has 0 aromatic heterocycles. The predicted molar refractivity (Wildman–Crippen MR) is 97.4 cm³/mol. The van der Waals surface area contributed by atoms with Crippen molar-refractivity contribution in [2.75, 3.05) is 0 Å². The smallest absolute Gasteiger partial charge is 0.115 e. The number of hydrogen-bond donors (Lipinski definition) is 2. The molecular weight excluding hydrogens is 298 g/mol. The molecule has 0 aliphatic heterocycles. The number of aromatic hydroxyl groups is 2. The zero-order valence-electron chi connectivity index (χ0n) is 13.7. The van der Waals surface area contributed by atoms with Crippen LogP contribution in [0.2, 0.25) is 0 Å². The van der Waals surface area contributed by atoms with Crippen LogP contribution in [0, 0.1) is 13.8 Å². The first kappa shape index (κ1) is 15.8. The average molecular weight is 317 g/mol. The van der Waals surface area contributed by atoms with Crippen molar-refractivity contribution in [1.29, 1.82) is 0 Å². The summed E-state index contributed by atoms with van der Waals surface area (Å²) < 4.78 is 0. The number of nitrogens with zero attached hydrogens (tertiary/aromatic N) is 1. The monoisotopic (exact) mass is 317 g/mol. The van der Waals surface area contributed by atoms with Crippen molar-refractivity contribution in [3.8, 4) is 11.5 Å². The van der Waals surface area contributed by atoms with Crippen molar-refractivity contribution >= 4 is 11.4 Å². The summed E-state index contributed by atoms with van der Waals surface area (Å²) in [5.41, 5.74) is 5.75. The summed E-state index contributed by atoms with van der Waals surface area (Å²) in [5.74, 6) is 0.437. The average Bonchev–Trinajstić information content (AvgIpc) is 2.57.